The van der Waals surface area contributed by atoms with Gasteiger partial charge in [-0.15, -0.1) is 0 Å². The molecule has 1 fully saturated rings. The molecule has 1 aliphatic carbocycles. The van der Waals surface area contributed by atoms with Gasteiger partial charge in [-0.05, 0) is 48.7 Å². The van der Waals surface area contributed by atoms with Crippen molar-refractivity contribution in [2.24, 2.45) is 11.1 Å². The van der Waals surface area contributed by atoms with Crippen LogP contribution in [0.5, 0.6) is 17.2 Å². The molecule has 0 radical (unpaired) electrons. The maximum Gasteiger partial charge on any atom is 0.226 e. The van der Waals surface area contributed by atoms with Crippen molar-refractivity contribution in [3.05, 3.63) is 53.6 Å². The molecule has 1 amide bonds. The van der Waals surface area contributed by atoms with Crippen LogP contribution < -0.4 is 14.2 Å². The normalized spacial score (nSPS) is 17.5. The van der Waals surface area contributed by atoms with E-state index in [0.717, 1.165) is 35.4 Å². The van der Waals surface area contributed by atoms with Gasteiger partial charge in [-0.25, -0.2) is 0 Å². The van der Waals surface area contributed by atoms with Crippen molar-refractivity contribution in [3.63, 3.8) is 0 Å². The van der Waals surface area contributed by atoms with E-state index in [1.807, 2.05) is 47.4 Å². The van der Waals surface area contributed by atoms with Crippen LogP contribution in [0.2, 0.25) is 0 Å². The summed E-state index contributed by atoms with van der Waals surface area (Å²) in [6, 6.07) is 13.5. The number of nitrogens with zero attached hydrogens (tertiary/aromatic N) is 2. The topological polar surface area (TPSA) is 69.6 Å². The highest BCUT2D eigenvalue weighted by Crippen LogP contribution is 2.33. The number of carbonyl (C=O) groups is 1. The summed E-state index contributed by atoms with van der Waals surface area (Å²) < 4.78 is 16.0. The fraction of sp³-hybridized carbons (Fsp3) is 0.417. The molecule has 1 heterocycles. The van der Waals surface area contributed by atoms with Crippen molar-refractivity contribution in [2.45, 2.75) is 31.9 Å². The number of rotatable bonds is 9. The predicted octanol–water partition coefficient (Wildman–Crippen LogP) is 3.64. The van der Waals surface area contributed by atoms with E-state index in [9.17, 15) is 4.79 Å². The minimum absolute atomic E-state index is 0.137. The third-order valence-electron chi connectivity index (χ3n) is 5.62. The van der Waals surface area contributed by atoms with Gasteiger partial charge in [-0.2, -0.15) is 0 Å². The van der Waals surface area contributed by atoms with E-state index in [1.165, 1.54) is 0 Å². The van der Waals surface area contributed by atoms with Gasteiger partial charge in [0.2, 0.25) is 5.91 Å². The Morgan fingerprint density at radius 3 is 2.58 bits per heavy atom. The Hall–Kier alpha value is -3.22. The molecule has 0 spiro atoms. The number of hydrogen-bond acceptors (Lipinski definition) is 6. The lowest BCUT2D eigenvalue weighted by molar-refractivity contribution is -0.135. The molecule has 0 bridgehead atoms. The smallest absolute Gasteiger partial charge is 0.226 e. The molecule has 0 saturated heterocycles. The first-order chi connectivity index (χ1) is 15.1. The first-order valence-electron chi connectivity index (χ1n) is 10.5. The molecular formula is C24H28N2O5. The summed E-state index contributed by atoms with van der Waals surface area (Å²) >= 11 is 0. The van der Waals surface area contributed by atoms with Crippen molar-refractivity contribution in [1.29, 1.82) is 0 Å². The Labute approximate surface area is 182 Å². The van der Waals surface area contributed by atoms with E-state index < -0.39 is 0 Å². The second-order valence-electron chi connectivity index (χ2n) is 7.88. The largest absolute Gasteiger partial charge is 0.497 e. The Bertz CT molecular complexity index is 970. The van der Waals surface area contributed by atoms with Crippen LogP contribution in [0.15, 0.2) is 47.6 Å². The number of ether oxygens (including phenoxy) is 3. The second-order valence-corrected chi connectivity index (χ2v) is 7.88. The fourth-order valence-corrected chi connectivity index (χ4v) is 3.77. The van der Waals surface area contributed by atoms with Gasteiger partial charge in [-0.1, -0.05) is 17.3 Å². The van der Waals surface area contributed by atoms with E-state index in [1.54, 1.807) is 21.3 Å². The molecule has 2 aromatic rings. The van der Waals surface area contributed by atoms with E-state index >= 15 is 0 Å². The highest BCUT2D eigenvalue weighted by Gasteiger charge is 2.35. The average Bonchev–Trinajstić information content (AvgIpc) is 3.56. The first kappa shape index (κ1) is 21.0. The van der Waals surface area contributed by atoms with E-state index in [2.05, 4.69) is 5.16 Å². The third kappa shape index (κ3) is 4.93. The van der Waals surface area contributed by atoms with Crippen LogP contribution in [-0.4, -0.2) is 50.5 Å². The molecule has 2 aliphatic rings. The van der Waals surface area contributed by atoms with Crippen molar-refractivity contribution in [1.82, 2.24) is 4.90 Å². The van der Waals surface area contributed by atoms with Gasteiger partial charge in [0.05, 0.1) is 33.6 Å². The fourth-order valence-electron chi connectivity index (χ4n) is 3.77. The summed E-state index contributed by atoms with van der Waals surface area (Å²) in [5.41, 5.74) is 2.80. The summed E-state index contributed by atoms with van der Waals surface area (Å²) in [4.78, 5) is 20.5. The zero-order valence-corrected chi connectivity index (χ0v) is 18.2. The molecule has 164 valence electrons. The van der Waals surface area contributed by atoms with Gasteiger partial charge in [0, 0.05) is 24.4 Å². The van der Waals surface area contributed by atoms with Crippen molar-refractivity contribution < 1.29 is 23.8 Å². The molecule has 7 nitrogen and oxygen atoms in total. The van der Waals surface area contributed by atoms with Gasteiger partial charge in [0.15, 0.2) is 17.6 Å². The minimum Gasteiger partial charge on any atom is -0.497 e. The second kappa shape index (κ2) is 9.29. The maximum atomic E-state index is 12.9. The van der Waals surface area contributed by atoms with Crippen molar-refractivity contribution in [2.75, 3.05) is 27.9 Å². The molecule has 0 N–H and O–H groups in total. The van der Waals surface area contributed by atoms with Crippen molar-refractivity contribution >= 4 is 11.6 Å². The summed E-state index contributed by atoms with van der Waals surface area (Å²) in [6.45, 7) is 1.02. The Kier molecular flexibility index (Phi) is 6.30. The predicted molar refractivity (Wildman–Crippen MR) is 117 cm³/mol. The van der Waals surface area contributed by atoms with Crippen LogP contribution in [0.25, 0.3) is 0 Å². The van der Waals surface area contributed by atoms with Gasteiger partial charge in [0.25, 0.3) is 0 Å². The Balaban J connectivity index is 1.44. The van der Waals surface area contributed by atoms with Gasteiger partial charge in [0.1, 0.15) is 5.75 Å². The SMILES string of the molecule is COc1cccc(CN(C[C@H]2CC(c3ccc(OC)c(OC)c3)=NO2)C(=O)C2CC2)c1. The van der Waals surface area contributed by atoms with Crippen molar-refractivity contribution in [3.8, 4) is 17.2 Å². The Morgan fingerprint density at radius 1 is 1.06 bits per heavy atom. The molecule has 1 aliphatic heterocycles. The number of oxime groups is 1. The molecule has 1 atom stereocenters. The number of benzene rings is 2. The third-order valence-corrected chi connectivity index (χ3v) is 5.62. The summed E-state index contributed by atoms with van der Waals surface area (Å²) in [6.07, 6.45) is 2.37. The highest BCUT2D eigenvalue weighted by atomic mass is 16.6. The molecule has 0 aromatic heterocycles. The molecule has 2 aromatic carbocycles. The summed E-state index contributed by atoms with van der Waals surface area (Å²) in [5, 5.41) is 4.29. The van der Waals surface area contributed by atoms with Crippen LogP contribution in [0.3, 0.4) is 0 Å². The van der Waals surface area contributed by atoms with Crippen LogP contribution in [0.4, 0.5) is 0 Å². The molecule has 31 heavy (non-hydrogen) atoms. The number of amides is 1. The van der Waals surface area contributed by atoms with Gasteiger partial charge < -0.3 is 23.9 Å². The lowest BCUT2D eigenvalue weighted by Crippen LogP contribution is -2.38. The molecular weight excluding hydrogens is 396 g/mol. The van der Waals surface area contributed by atoms with Crippen LogP contribution in [0, 0.1) is 5.92 Å². The van der Waals surface area contributed by atoms with E-state index in [4.69, 9.17) is 19.0 Å². The highest BCUT2D eigenvalue weighted by molar-refractivity contribution is 6.01. The van der Waals surface area contributed by atoms with Crippen LogP contribution in [0.1, 0.15) is 30.4 Å². The van der Waals surface area contributed by atoms with Gasteiger partial charge >= 0.3 is 0 Å². The zero-order chi connectivity index (χ0) is 21.8. The standard InChI is InChI=1S/C24H28N2O5/c1-28-19-6-4-5-16(11-19)14-26(24(27)17-7-8-17)15-20-13-21(25-31-20)18-9-10-22(29-2)23(12-18)30-3/h4-6,9-12,17,20H,7-8,13-15H2,1-3H3/t20-/m1/s1. The number of carbonyl (C=O) groups excluding carboxylic acids is 1. The van der Waals surface area contributed by atoms with E-state index in [0.29, 0.717) is 31.0 Å². The summed E-state index contributed by atoms with van der Waals surface area (Å²) in [7, 11) is 4.86. The van der Waals surface area contributed by atoms with Crippen LogP contribution >= 0.6 is 0 Å². The maximum absolute atomic E-state index is 12.9. The number of hydrogen-bond donors (Lipinski definition) is 0. The first-order valence-corrected chi connectivity index (χ1v) is 10.5. The van der Waals surface area contributed by atoms with Gasteiger partial charge in [-0.3, -0.25) is 4.79 Å². The zero-order valence-electron chi connectivity index (χ0n) is 18.2. The van der Waals surface area contributed by atoms with E-state index in [-0.39, 0.29) is 17.9 Å². The monoisotopic (exact) mass is 424 g/mol. The number of methoxy groups -OCH3 is 3. The molecule has 1 saturated carbocycles. The molecule has 7 heteroatoms. The minimum atomic E-state index is -0.184. The lowest BCUT2D eigenvalue weighted by atomic mass is 10.0. The Morgan fingerprint density at radius 2 is 1.87 bits per heavy atom. The summed E-state index contributed by atoms with van der Waals surface area (Å²) in [5.74, 6) is 2.42. The molecule has 4 rings (SSSR count). The van der Waals surface area contributed by atoms with Crippen LogP contribution in [-0.2, 0) is 16.2 Å². The average molecular weight is 424 g/mol. The lowest BCUT2D eigenvalue weighted by Gasteiger charge is -2.25. The molecule has 0 unspecified atom stereocenters. The quantitative estimate of drug-likeness (QED) is 0.615.